The molecule has 2 aliphatic rings. The summed E-state index contributed by atoms with van der Waals surface area (Å²) in [7, 11) is 2.18. The third-order valence-corrected chi connectivity index (χ3v) is 5.32. The van der Waals surface area contributed by atoms with Crippen molar-refractivity contribution in [3.05, 3.63) is 35.5 Å². The van der Waals surface area contributed by atoms with Crippen LogP contribution in [0, 0.1) is 6.92 Å². The molecule has 3 heterocycles. The Balaban J connectivity index is 1.43. The number of nitrogens with one attached hydrogen (secondary N) is 1. The molecule has 1 aliphatic heterocycles. The summed E-state index contributed by atoms with van der Waals surface area (Å²) in [6, 6.07) is 2.55. The maximum Gasteiger partial charge on any atom is 0.133 e. The van der Waals surface area contributed by atoms with Gasteiger partial charge in [0.2, 0.25) is 0 Å². The monoisotopic (exact) mass is 326 g/mol. The number of anilines is 1. The van der Waals surface area contributed by atoms with Gasteiger partial charge in [-0.1, -0.05) is 0 Å². The lowest BCUT2D eigenvalue weighted by atomic mass is 10.0. The second-order valence-corrected chi connectivity index (χ2v) is 7.21. The topological polar surface area (TPSA) is 60.9 Å². The van der Waals surface area contributed by atoms with Crippen LogP contribution in [0.4, 0.5) is 5.82 Å². The van der Waals surface area contributed by atoms with E-state index in [0.29, 0.717) is 12.0 Å². The summed E-state index contributed by atoms with van der Waals surface area (Å²) in [5.41, 5.74) is 2.48. The first kappa shape index (κ1) is 15.6. The van der Waals surface area contributed by atoms with Gasteiger partial charge >= 0.3 is 0 Å². The summed E-state index contributed by atoms with van der Waals surface area (Å²) in [4.78, 5) is 14.1. The van der Waals surface area contributed by atoms with Crippen LogP contribution in [0.15, 0.2) is 18.5 Å². The Labute approximate surface area is 143 Å². The molecule has 128 valence electrons. The number of piperidine rings is 1. The van der Waals surface area contributed by atoms with E-state index < -0.39 is 0 Å². The Hall–Kier alpha value is -1.95. The van der Waals surface area contributed by atoms with Crippen molar-refractivity contribution in [3.63, 3.8) is 0 Å². The molecular formula is C18H26N6. The molecule has 4 rings (SSSR count). The minimum absolute atomic E-state index is 0.507. The molecule has 2 aromatic rings. The van der Waals surface area contributed by atoms with E-state index in [1.165, 1.54) is 36.9 Å². The fraction of sp³-hybridized carbons (Fsp3) is 0.611. The van der Waals surface area contributed by atoms with Crippen LogP contribution in [0.25, 0.3) is 0 Å². The molecule has 0 aromatic carbocycles. The molecule has 1 atom stereocenters. The van der Waals surface area contributed by atoms with Gasteiger partial charge in [-0.3, -0.25) is 10.00 Å². The molecule has 2 fully saturated rings. The Bertz CT molecular complexity index is 692. The first-order chi connectivity index (χ1) is 11.7. The van der Waals surface area contributed by atoms with Gasteiger partial charge in [-0.25, -0.2) is 9.97 Å². The van der Waals surface area contributed by atoms with Gasteiger partial charge in [0.05, 0.1) is 6.20 Å². The summed E-state index contributed by atoms with van der Waals surface area (Å²) >= 11 is 0. The Kier molecular flexibility index (Phi) is 4.22. The lowest BCUT2D eigenvalue weighted by Crippen LogP contribution is -2.46. The third kappa shape index (κ3) is 3.29. The lowest BCUT2D eigenvalue weighted by Gasteiger charge is -2.38. The summed E-state index contributed by atoms with van der Waals surface area (Å²) in [6.45, 7) is 5.30. The van der Waals surface area contributed by atoms with Crippen molar-refractivity contribution >= 4 is 5.82 Å². The summed E-state index contributed by atoms with van der Waals surface area (Å²) in [6.07, 6.45) is 8.81. The first-order valence-electron chi connectivity index (χ1n) is 8.97. The van der Waals surface area contributed by atoms with Crippen molar-refractivity contribution in [2.75, 3.05) is 25.0 Å². The van der Waals surface area contributed by atoms with Crippen LogP contribution >= 0.6 is 0 Å². The fourth-order valence-electron chi connectivity index (χ4n) is 3.55. The highest BCUT2D eigenvalue weighted by molar-refractivity contribution is 5.38. The van der Waals surface area contributed by atoms with Gasteiger partial charge in [0.15, 0.2) is 0 Å². The first-order valence-corrected chi connectivity index (χ1v) is 8.97. The highest BCUT2D eigenvalue weighted by atomic mass is 15.3. The van der Waals surface area contributed by atoms with E-state index in [1.807, 2.05) is 18.5 Å². The normalized spacial score (nSPS) is 21.8. The van der Waals surface area contributed by atoms with E-state index in [4.69, 9.17) is 4.98 Å². The van der Waals surface area contributed by atoms with Gasteiger partial charge in [0.25, 0.3) is 0 Å². The molecule has 6 nitrogen and oxygen atoms in total. The van der Waals surface area contributed by atoms with Crippen molar-refractivity contribution in [1.29, 1.82) is 0 Å². The number of nitrogens with zero attached hydrogens (tertiary/aromatic N) is 5. The molecule has 24 heavy (non-hydrogen) atoms. The summed E-state index contributed by atoms with van der Waals surface area (Å²) in [5, 5.41) is 7.18. The number of aryl methyl sites for hydroxylation is 1. The quantitative estimate of drug-likeness (QED) is 0.915. The van der Waals surface area contributed by atoms with Gasteiger partial charge in [0, 0.05) is 49.6 Å². The number of aromatic nitrogens is 4. The predicted octanol–water partition coefficient (Wildman–Crippen LogP) is 2.49. The Morgan fingerprint density at radius 1 is 1.33 bits per heavy atom. The zero-order valence-electron chi connectivity index (χ0n) is 14.6. The van der Waals surface area contributed by atoms with Crippen molar-refractivity contribution in [2.45, 2.75) is 51.1 Å². The molecule has 1 saturated carbocycles. The zero-order chi connectivity index (χ0) is 16.5. The van der Waals surface area contributed by atoms with Crippen LogP contribution in [-0.4, -0.2) is 51.2 Å². The van der Waals surface area contributed by atoms with Crippen molar-refractivity contribution in [2.24, 2.45) is 0 Å². The molecule has 0 spiro atoms. The molecular weight excluding hydrogens is 300 g/mol. The number of likely N-dealkylation sites (tertiary alicyclic amines) is 1. The molecule has 1 saturated heterocycles. The molecule has 0 bridgehead atoms. The van der Waals surface area contributed by atoms with Gasteiger partial charge in [-0.05, 0) is 45.2 Å². The number of H-pyrrole nitrogens is 1. The van der Waals surface area contributed by atoms with Crippen LogP contribution < -0.4 is 4.90 Å². The van der Waals surface area contributed by atoms with E-state index in [2.05, 4.69) is 39.0 Å². The molecule has 1 unspecified atom stereocenters. The second-order valence-electron chi connectivity index (χ2n) is 7.21. The zero-order valence-corrected chi connectivity index (χ0v) is 14.6. The van der Waals surface area contributed by atoms with E-state index in [1.54, 1.807) is 0 Å². The molecule has 0 radical (unpaired) electrons. The largest absolute Gasteiger partial charge is 0.355 e. The third-order valence-electron chi connectivity index (χ3n) is 5.32. The molecule has 2 aromatic heterocycles. The average molecular weight is 326 g/mol. The number of rotatable bonds is 5. The number of hydrogen-bond donors (Lipinski definition) is 1. The Morgan fingerprint density at radius 3 is 2.96 bits per heavy atom. The highest BCUT2D eigenvalue weighted by Gasteiger charge is 2.28. The molecule has 1 aliphatic carbocycles. The smallest absolute Gasteiger partial charge is 0.133 e. The average Bonchev–Trinajstić information content (AvgIpc) is 3.39. The fourth-order valence-corrected chi connectivity index (χ4v) is 3.55. The summed E-state index contributed by atoms with van der Waals surface area (Å²) in [5.74, 6) is 2.70. The van der Waals surface area contributed by atoms with Gasteiger partial charge in [-0.2, -0.15) is 5.10 Å². The summed E-state index contributed by atoms with van der Waals surface area (Å²) < 4.78 is 0. The standard InChI is InChI=1S/C18H26N6/c1-13-15(10-20-22-13)11-24-9-3-4-16(12-24)23(2)17-7-8-19-18(21-17)14-5-6-14/h7-8,10,14,16H,3-6,9,11-12H2,1-2H3,(H,20,22). The number of aromatic amines is 1. The SMILES string of the molecule is Cc1[nH]ncc1CN1CCCC(N(C)c2ccnc(C3CC3)n2)C1. The maximum atomic E-state index is 4.81. The molecule has 6 heteroatoms. The van der Waals surface area contributed by atoms with Crippen LogP contribution in [0.5, 0.6) is 0 Å². The van der Waals surface area contributed by atoms with Gasteiger partial charge < -0.3 is 4.90 Å². The van der Waals surface area contributed by atoms with Gasteiger partial charge in [0.1, 0.15) is 11.6 Å². The molecule has 1 N–H and O–H groups in total. The van der Waals surface area contributed by atoms with Crippen molar-refractivity contribution in [3.8, 4) is 0 Å². The van der Waals surface area contributed by atoms with Crippen LogP contribution in [0.3, 0.4) is 0 Å². The molecule has 0 amide bonds. The van der Waals surface area contributed by atoms with E-state index in [9.17, 15) is 0 Å². The van der Waals surface area contributed by atoms with Crippen LogP contribution in [0.1, 0.15) is 48.7 Å². The number of likely N-dealkylation sites (N-methyl/N-ethyl adjacent to an activating group) is 1. The van der Waals surface area contributed by atoms with E-state index >= 15 is 0 Å². The minimum Gasteiger partial charge on any atom is -0.355 e. The second kappa shape index (κ2) is 6.51. The van der Waals surface area contributed by atoms with E-state index in [0.717, 1.165) is 31.3 Å². The maximum absolute atomic E-state index is 4.81. The number of hydrogen-bond acceptors (Lipinski definition) is 5. The minimum atomic E-state index is 0.507. The predicted molar refractivity (Wildman–Crippen MR) is 94.0 cm³/mol. The van der Waals surface area contributed by atoms with Crippen LogP contribution in [0.2, 0.25) is 0 Å². The van der Waals surface area contributed by atoms with Crippen molar-refractivity contribution < 1.29 is 0 Å². The van der Waals surface area contributed by atoms with E-state index in [-0.39, 0.29) is 0 Å². The lowest BCUT2D eigenvalue weighted by molar-refractivity contribution is 0.198. The van der Waals surface area contributed by atoms with Crippen LogP contribution in [-0.2, 0) is 6.54 Å². The van der Waals surface area contributed by atoms with Crippen molar-refractivity contribution in [1.82, 2.24) is 25.1 Å². The highest BCUT2D eigenvalue weighted by Crippen LogP contribution is 2.38. The Morgan fingerprint density at radius 2 is 2.21 bits per heavy atom. The van der Waals surface area contributed by atoms with Gasteiger partial charge in [-0.15, -0.1) is 0 Å².